The lowest BCUT2D eigenvalue weighted by Gasteiger charge is -2.13. The summed E-state index contributed by atoms with van der Waals surface area (Å²) in [6.07, 6.45) is 3.92. The van der Waals surface area contributed by atoms with E-state index >= 15 is 0 Å². The van der Waals surface area contributed by atoms with Crippen LogP contribution in [-0.2, 0) is 6.42 Å². The van der Waals surface area contributed by atoms with Gasteiger partial charge < -0.3 is 5.32 Å². The van der Waals surface area contributed by atoms with E-state index in [2.05, 4.69) is 27.1 Å². The van der Waals surface area contributed by atoms with Gasteiger partial charge in [-0.15, -0.1) is 0 Å². The molecular weight excluding hydrogens is 235 g/mol. The van der Waals surface area contributed by atoms with Crippen LogP contribution in [0.15, 0.2) is 35.3 Å². The van der Waals surface area contributed by atoms with Crippen molar-refractivity contribution >= 4 is 11.3 Å². The molecule has 0 aliphatic rings. The Balaban J connectivity index is 1.83. The number of thiophene rings is 1. The summed E-state index contributed by atoms with van der Waals surface area (Å²) in [5.41, 5.74) is 2.22. The van der Waals surface area contributed by atoms with E-state index in [1.807, 2.05) is 6.92 Å². The molecule has 4 heteroatoms. The molecule has 0 aliphatic heterocycles. The van der Waals surface area contributed by atoms with Crippen molar-refractivity contribution < 1.29 is 4.39 Å². The summed E-state index contributed by atoms with van der Waals surface area (Å²) in [6.45, 7) is 2.90. The number of nitrogens with zero attached hydrogens (tertiary/aromatic N) is 1. The predicted octanol–water partition coefficient (Wildman–Crippen LogP) is 3.18. The van der Waals surface area contributed by atoms with Gasteiger partial charge in [0.2, 0.25) is 0 Å². The molecule has 0 amide bonds. The Kier molecular flexibility index (Phi) is 4.23. The number of pyridine rings is 1. The van der Waals surface area contributed by atoms with Crippen molar-refractivity contribution in [1.29, 1.82) is 0 Å². The van der Waals surface area contributed by atoms with Gasteiger partial charge >= 0.3 is 0 Å². The average Bonchev–Trinajstić information content (AvgIpc) is 2.82. The van der Waals surface area contributed by atoms with E-state index in [1.54, 1.807) is 17.5 Å². The molecule has 0 bridgehead atoms. The average molecular weight is 250 g/mol. The van der Waals surface area contributed by atoms with Crippen LogP contribution in [0.4, 0.5) is 4.39 Å². The molecule has 90 valence electrons. The summed E-state index contributed by atoms with van der Waals surface area (Å²) in [5, 5.41) is 7.59. The monoisotopic (exact) mass is 250 g/mol. The maximum Gasteiger partial charge on any atom is 0.141 e. The van der Waals surface area contributed by atoms with Gasteiger partial charge in [-0.2, -0.15) is 11.3 Å². The molecule has 0 aromatic carbocycles. The Labute approximate surface area is 105 Å². The fourth-order valence-corrected chi connectivity index (χ4v) is 2.35. The molecule has 0 radical (unpaired) electrons. The van der Waals surface area contributed by atoms with Crippen LogP contribution in [0.2, 0.25) is 0 Å². The number of nitrogens with one attached hydrogen (secondary N) is 1. The van der Waals surface area contributed by atoms with E-state index in [0.717, 1.165) is 18.5 Å². The van der Waals surface area contributed by atoms with Crippen LogP contribution in [-0.4, -0.2) is 11.5 Å². The summed E-state index contributed by atoms with van der Waals surface area (Å²) in [7, 11) is 0. The highest BCUT2D eigenvalue weighted by atomic mass is 32.1. The lowest BCUT2D eigenvalue weighted by molar-refractivity contribution is 0.563. The van der Waals surface area contributed by atoms with E-state index in [4.69, 9.17) is 0 Å². The summed E-state index contributed by atoms with van der Waals surface area (Å²) < 4.78 is 13.0. The Morgan fingerprint density at radius 2 is 2.35 bits per heavy atom. The van der Waals surface area contributed by atoms with Crippen molar-refractivity contribution in [2.45, 2.75) is 19.4 Å². The second kappa shape index (κ2) is 5.89. The predicted molar refractivity (Wildman–Crippen MR) is 68.6 cm³/mol. The summed E-state index contributed by atoms with van der Waals surface area (Å²) in [5.74, 6) is -0.283. The molecule has 0 spiro atoms. The third-order valence-electron chi connectivity index (χ3n) is 2.67. The van der Waals surface area contributed by atoms with Crippen LogP contribution in [0.25, 0.3) is 0 Å². The summed E-state index contributed by atoms with van der Waals surface area (Å²) in [6, 6.07) is 3.77. The molecule has 1 atom stereocenters. The molecule has 2 rings (SSSR count). The molecule has 2 heterocycles. The van der Waals surface area contributed by atoms with Crippen LogP contribution in [0.3, 0.4) is 0 Å². The first kappa shape index (κ1) is 12.2. The van der Waals surface area contributed by atoms with E-state index < -0.39 is 0 Å². The van der Waals surface area contributed by atoms with E-state index in [1.165, 1.54) is 17.8 Å². The van der Waals surface area contributed by atoms with Gasteiger partial charge in [-0.25, -0.2) is 4.39 Å². The molecule has 1 unspecified atom stereocenters. The van der Waals surface area contributed by atoms with E-state index in [-0.39, 0.29) is 11.9 Å². The van der Waals surface area contributed by atoms with Crippen LogP contribution in [0.1, 0.15) is 24.1 Å². The smallest absolute Gasteiger partial charge is 0.141 e. The molecule has 2 aromatic rings. The molecule has 0 saturated carbocycles. The van der Waals surface area contributed by atoms with Gasteiger partial charge in [-0.1, -0.05) is 0 Å². The number of hydrogen-bond acceptors (Lipinski definition) is 3. The van der Waals surface area contributed by atoms with Crippen LogP contribution < -0.4 is 5.32 Å². The second-order valence-corrected chi connectivity index (χ2v) is 4.77. The minimum Gasteiger partial charge on any atom is -0.310 e. The summed E-state index contributed by atoms with van der Waals surface area (Å²) in [4.78, 5) is 3.85. The minimum atomic E-state index is -0.283. The molecule has 0 aliphatic carbocycles. The molecule has 0 saturated heterocycles. The van der Waals surface area contributed by atoms with Gasteiger partial charge in [0, 0.05) is 12.2 Å². The van der Waals surface area contributed by atoms with Gasteiger partial charge in [0.1, 0.15) is 5.82 Å². The minimum absolute atomic E-state index is 0.122. The first-order chi connectivity index (χ1) is 8.25. The maximum atomic E-state index is 13.0. The summed E-state index contributed by atoms with van der Waals surface area (Å²) >= 11 is 1.71. The maximum absolute atomic E-state index is 13.0. The van der Waals surface area contributed by atoms with E-state index in [0.29, 0.717) is 0 Å². The van der Waals surface area contributed by atoms with Crippen molar-refractivity contribution in [3.63, 3.8) is 0 Å². The van der Waals surface area contributed by atoms with Crippen molar-refractivity contribution in [3.05, 3.63) is 52.2 Å². The SMILES string of the molecule is CC(NCCc1ccsc1)c1cncc(F)c1. The van der Waals surface area contributed by atoms with Crippen LogP contribution in [0, 0.1) is 5.82 Å². The normalized spacial score (nSPS) is 12.6. The number of aromatic nitrogens is 1. The van der Waals surface area contributed by atoms with Gasteiger partial charge in [0.05, 0.1) is 6.20 Å². The largest absolute Gasteiger partial charge is 0.310 e. The zero-order valence-corrected chi connectivity index (χ0v) is 10.5. The zero-order chi connectivity index (χ0) is 12.1. The lowest BCUT2D eigenvalue weighted by Crippen LogP contribution is -2.21. The fourth-order valence-electron chi connectivity index (χ4n) is 1.65. The second-order valence-electron chi connectivity index (χ2n) is 3.99. The number of halogens is 1. The fraction of sp³-hybridized carbons (Fsp3) is 0.308. The molecule has 0 fully saturated rings. The van der Waals surface area contributed by atoms with E-state index in [9.17, 15) is 4.39 Å². The van der Waals surface area contributed by atoms with Crippen molar-refractivity contribution in [2.75, 3.05) is 6.54 Å². The Morgan fingerprint density at radius 1 is 1.47 bits per heavy atom. The lowest BCUT2D eigenvalue weighted by atomic mass is 10.1. The Morgan fingerprint density at radius 3 is 3.06 bits per heavy atom. The Bertz CT molecular complexity index is 456. The third kappa shape index (κ3) is 3.61. The topological polar surface area (TPSA) is 24.9 Å². The molecular formula is C13H15FN2S. The molecule has 2 aromatic heterocycles. The van der Waals surface area contributed by atoms with Crippen molar-refractivity contribution in [2.24, 2.45) is 0 Å². The van der Waals surface area contributed by atoms with Gasteiger partial charge in [0.25, 0.3) is 0 Å². The first-order valence-electron chi connectivity index (χ1n) is 5.60. The van der Waals surface area contributed by atoms with Crippen LogP contribution in [0.5, 0.6) is 0 Å². The van der Waals surface area contributed by atoms with Gasteiger partial charge in [-0.05, 0) is 53.9 Å². The number of hydrogen-bond donors (Lipinski definition) is 1. The Hall–Kier alpha value is -1.26. The van der Waals surface area contributed by atoms with Gasteiger partial charge in [-0.3, -0.25) is 4.98 Å². The highest BCUT2D eigenvalue weighted by Gasteiger charge is 2.05. The molecule has 17 heavy (non-hydrogen) atoms. The highest BCUT2D eigenvalue weighted by molar-refractivity contribution is 7.07. The molecule has 1 N–H and O–H groups in total. The van der Waals surface area contributed by atoms with Crippen molar-refractivity contribution in [1.82, 2.24) is 10.3 Å². The first-order valence-corrected chi connectivity index (χ1v) is 6.55. The highest BCUT2D eigenvalue weighted by Crippen LogP contribution is 2.12. The third-order valence-corrected chi connectivity index (χ3v) is 3.40. The van der Waals surface area contributed by atoms with Gasteiger partial charge in [0.15, 0.2) is 0 Å². The standard InChI is InChI=1S/C13H15FN2S/c1-10(12-6-13(14)8-15-7-12)16-4-2-11-3-5-17-9-11/h3,5-10,16H,2,4H2,1H3. The van der Waals surface area contributed by atoms with Crippen molar-refractivity contribution in [3.8, 4) is 0 Å². The molecule has 2 nitrogen and oxygen atoms in total. The zero-order valence-electron chi connectivity index (χ0n) is 9.69. The number of rotatable bonds is 5. The van der Waals surface area contributed by atoms with Crippen LogP contribution >= 0.6 is 11.3 Å². The quantitative estimate of drug-likeness (QED) is 0.881.